The molecule has 1 fully saturated rings. The second-order valence-electron chi connectivity index (χ2n) is 7.28. The zero-order chi connectivity index (χ0) is 14.9. The fraction of sp³-hybridized carbons (Fsp3) is 0.273. The first-order valence-electron chi connectivity index (χ1n) is 8.38. The van der Waals surface area contributed by atoms with Gasteiger partial charge in [-0.15, -0.1) is 0 Å². The van der Waals surface area contributed by atoms with E-state index in [0.717, 1.165) is 0 Å². The van der Waals surface area contributed by atoms with Crippen LogP contribution >= 0.6 is 0 Å². The average molecular weight is 284 g/mol. The van der Waals surface area contributed by atoms with Crippen molar-refractivity contribution in [2.45, 2.75) is 32.1 Å². The summed E-state index contributed by atoms with van der Waals surface area (Å²) >= 11 is 0. The van der Waals surface area contributed by atoms with Crippen molar-refractivity contribution < 1.29 is 0 Å². The van der Waals surface area contributed by atoms with E-state index >= 15 is 0 Å². The Labute approximate surface area is 131 Å². The second kappa shape index (κ2) is 4.01. The number of hydrogen-bond acceptors (Lipinski definition) is 0. The molecule has 0 saturated heterocycles. The quantitative estimate of drug-likeness (QED) is 0.380. The van der Waals surface area contributed by atoms with Crippen LogP contribution in [0.2, 0.25) is 0 Å². The molecule has 4 aromatic rings. The lowest BCUT2D eigenvalue weighted by Gasteiger charge is -2.23. The maximum atomic E-state index is 2.40. The Bertz CT molecular complexity index is 987. The van der Waals surface area contributed by atoms with Crippen LogP contribution in [0.25, 0.3) is 32.3 Å². The van der Waals surface area contributed by atoms with Gasteiger partial charge < -0.3 is 0 Å². The van der Waals surface area contributed by atoms with Crippen molar-refractivity contribution in [1.29, 1.82) is 0 Å². The van der Waals surface area contributed by atoms with Gasteiger partial charge in [-0.25, -0.2) is 0 Å². The fourth-order valence-electron chi connectivity index (χ4n) is 4.46. The van der Waals surface area contributed by atoms with Crippen molar-refractivity contribution >= 4 is 32.3 Å². The third kappa shape index (κ3) is 1.43. The SMILES string of the molecule is CC(C)C1(c2ccc3ccc4cccc5ccc2c3c45)CC1. The zero-order valence-electron chi connectivity index (χ0n) is 13.2. The van der Waals surface area contributed by atoms with Crippen LogP contribution in [0.15, 0.2) is 54.6 Å². The Balaban J connectivity index is 1.98. The van der Waals surface area contributed by atoms with Crippen molar-refractivity contribution in [3.63, 3.8) is 0 Å². The maximum Gasteiger partial charge on any atom is -0.00172 e. The predicted octanol–water partition coefficient (Wildman–Crippen LogP) is 6.27. The molecule has 0 N–H and O–H groups in total. The Hall–Kier alpha value is -2.08. The second-order valence-corrected chi connectivity index (χ2v) is 7.28. The third-order valence-corrected chi connectivity index (χ3v) is 5.96. The summed E-state index contributed by atoms with van der Waals surface area (Å²) in [4.78, 5) is 0. The third-order valence-electron chi connectivity index (χ3n) is 5.96. The van der Waals surface area contributed by atoms with E-state index in [4.69, 9.17) is 0 Å². The Kier molecular flexibility index (Phi) is 2.27. The zero-order valence-corrected chi connectivity index (χ0v) is 13.2. The highest BCUT2D eigenvalue weighted by Crippen LogP contribution is 2.56. The molecule has 0 heterocycles. The molecular formula is C22H20. The van der Waals surface area contributed by atoms with Gasteiger partial charge in [0.05, 0.1) is 0 Å². The lowest BCUT2D eigenvalue weighted by Crippen LogP contribution is -2.15. The number of benzene rings is 4. The molecule has 1 aliphatic carbocycles. The van der Waals surface area contributed by atoms with Gasteiger partial charge in [0.15, 0.2) is 0 Å². The summed E-state index contributed by atoms with van der Waals surface area (Å²) in [5.74, 6) is 0.714. The summed E-state index contributed by atoms with van der Waals surface area (Å²) in [5, 5.41) is 8.50. The van der Waals surface area contributed by atoms with E-state index in [0.29, 0.717) is 11.3 Å². The molecule has 0 nitrogen and oxygen atoms in total. The van der Waals surface area contributed by atoms with Gasteiger partial charge in [-0.3, -0.25) is 0 Å². The molecule has 22 heavy (non-hydrogen) atoms. The van der Waals surface area contributed by atoms with Gasteiger partial charge in [-0.2, -0.15) is 0 Å². The van der Waals surface area contributed by atoms with E-state index in [1.165, 1.54) is 45.2 Å². The Morgan fingerprint density at radius 2 is 1.32 bits per heavy atom. The Morgan fingerprint density at radius 1 is 0.727 bits per heavy atom. The summed E-state index contributed by atoms with van der Waals surface area (Å²) in [6, 6.07) is 20.6. The molecule has 0 spiro atoms. The van der Waals surface area contributed by atoms with Gasteiger partial charge in [0, 0.05) is 0 Å². The molecule has 5 rings (SSSR count). The van der Waals surface area contributed by atoms with Crippen molar-refractivity contribution in [2.75, 3.05) is 0 Å². The van der Waals surface area contributed by atoms with Crippen molar-refractivity contribution in [3.8, 4) is 0 Å². The minimum Gasteiger partial charge on any atom is -0.0619 e. The molecule has 1 aliphatic rings. The summed E-state index contributed by atoms with van der Waals surface area (Å²) in [7, 11) is 0. The van der Waals surface area contributed by atoms with Gasteiger partial charge in [0.2, 0.25) is 0 Å². The van der Waals surface area contributed by atoms with Gasteiger partial charge in [-0.1, -0.05) is 68.4 Å². The summed E-state index contributed by atoms with van der Waals surface area (Å²) in [6.07, 6.45) is 2.68. The van der Waals surface area contributed by atoms with E-state index in [-0.39, 0.29) is 0 Å². The smallest absolute Gasteiger partial charge is 0.00172 e. The summed E-state index contributed by atoms with van der Waals surface area (Å²) in [5.41, 5.74) is 2.00. The van der Waals surface area contributed by atoms with Gasteiger partial charge in [-0.05, 0) is 62.1 Å². The number of hydrogen-bond donors (Lipinski definition) is 0. The molecule has 0 aromatic heterocycles. The van der Waals surface area contributed by atoms with Gasteiger partial charge >= 0.3 is 0 Å². The molecule has 0 aliphatic heterocycles. The molecule has 1 saturated carbocycles. The van der Waals surface area contributed by atoms with E-state index in [2.05, 4.69) is 68.4 Å². The minimum atomic E-state index is 0.419. The fourth-order valence-corrected chi connectivity index (χ4v) is 4.46. The van der Waals surface area contributed by atoms with Crippen LogP contribution in [0.1, 0.15) is 32.3 Å². The molecule has 0 amide bonds. The van der Waals surface area contributed by atoms with E-state index in [1.807, 2.05) is 0 Å². The van der Waals surface area contributed by atoms with Crippen molar-refractivity contribution in [2.24, 2.45) is 5.92 Å². The van der Waals surface area contributed by atoms with Gasteiger partial charge in [0.25, 0.3) is 0 Å². The van der Waals surface area contributed by atoms with E-state index < -0.39 is 0 Å². The van der Waals surface area contributed by atoms with Gasteiger partial charge in [0.1, 0.15) is 0 Å². The monoisotopic (exact) mass is 284 g/mol. The number of rotatable bonds is 2. The highest BCUT2D eigenvalue weighted by molar-refractivity contribution is 6.23. The normalized spacial score (nSPS) is 17.0. The van der Waals surface area contributed by atoms with Crippen molar-refractivity contribution in [1.82, 2.24) is 0 Å². The molecular weight excluding hydrogens is 264 g/mol. The van der Waals surface area contributed by atoms with Crippen molar-refractivity contribution in [3.05, 3.63) is 60.2 Å². The lowest BCUT2D eigenvalue weighted by atomic mass is 9.80. The van der Waals surface area contributed by atoms with Crippen LogP contribution in [0.4, 0.5) is 0 Å². The topological polar surface area (TPSA) is 0 Å². The first-order valence-corrected chi connectivity index (χ1v) is 8.38. The Morgan fingerprint density at radius 3 is 1.95 bits per heavy atom. The molecule has 0 atom stereocenters. The molecule has 4 aromatic carbocycles. The first kappa shape index (κ1) is 12.5. The summed E-state index contributed by atoms with van der Waals surface area (Å²) < 4.78 is 0. The van der Waals surface area contributed by atoms with E-state index in [1.54, 1.807) is 5.56 Å². The molecule has 0 radical (unpaired) electrons. The average Bonchev–Trinajstić information content (AvgIpc) is 3.34. The largest absolute Gasteiger partial charge is 0.0619 e. The van der Waals surface area contributed by atoms with Crippen LogP contribution in [0, 0.1) is 5.92 Å². The highest BCUT2D eigenvalue weighted by atomic mass is 14.5. The molecule has 0 heteroatoms. The summed E-state index contributed by atoms with van der Waals surface area (Å²) in [6.45, 7) is 4.76. The molecule has 0 unspecified atom stereocenters. The molecule has 0 bridgehead atoms. The minimum absolute atomic E-state index is 0.419. The standard InChI is InChI=1S/C22H20/c1-14(2)22(12-13-22)19-11-9-17-7-6-15-4-3-5-16-8-10-18(19)21(17)20(15)16/h3-11,14H,12-13H2,1-2H3. The van der Waals surface area contributed by atoms with Crippen LogP contribution in [0.5, 0.6) is 0 Å². The lowest BCUT2D eigenvalue weighted by molar-refractivity contribution is 0.484. The van der Waals surface area contributed by atoms with Crippen LogP contribution in [-0.4, -0.2) is 0 Å². The first-order chi connectivity index (χ1) is 10.7. The van der Waals surface area contributed by atoms with Crippen LogP contribution in [-0.2, 0) is 5.41 Å². The molecule has 108 valence electrons. The van der Waals surface area contributed by atoms with E-state index in [9.17, 15) is 0 Å². The van der Waals surface area contributed by atoms with Crippen LogP contribution < -0.4 is 0 Å². The maximum absolute atomic E-state index is 2.40. The highest BCUT2D eigenvalue weighted by Gasteiger charge is 2.47. The van der Waals surface area contributed by atoms with Crippen LogP contribution in [0.3, 0.4) is 0 Å². The predicted molar refractivity (Wildman–Crippen MR) is 95.9 cm³/mol.